The summed E-state index contributed by atoms with van der Waals surface area (Å²) in [7, 11) is 0. The van der Waals surface area contributed by atoms with Gasteiger partial charge in [-0.3, -0.25) is 4.90 Å². The number of nitrogens with zero attached hydrogens (tertiary/aromatic N) is 3. The molecule has 0 amide bonds. The summed E-state index contributed by atoms with van der Waals surface area (Å²) in [5.74, 6) is 1.06. The molecular formula is C17H23N3O2. The molecule has 1 aromatic heterocycles. The average Bonchev–Trinajstić information content (AvgIpc) is 3.02. The third kappa shape index (κ3) is 3.06. The van der Waals surface area contributed by atoms with Crippen molar-refractivity contribution >= 4 is 0 Å². The summed E-state index contributed by atoms with van der Waals surface area (Å²) in [4.78, 5) is 6.83. The highest BCUT2D eigenvalue weighted by Gasteiger charge is 2.33. The standard InChI is InChI=1S/C17H23N3O2/c1-2-19-9-8-18-16(19)12-20-10-11-22-15(13-21)17(20)14-6-4-3-5-7-14/h3-9,15,17,21H,2,10-13H2,1H3/t15-,17-/m1/s1. The lowest BCUT2D eigenvalue weighted by Crippen LogP contribution is -2.46. The van der Waals surface area contributed by atoms with Crippen molar-refractivity contribution in [2.24, 2.45) is 0 Å². The average molecular weight is 301 g/mol. The van der Waals surface area contributed by atoms with Gasteiger partial charge in [-0.25, -0.2) is 4.98 Å². The van der Waals surface area contributed by atoms with Gasteiger partial charge >= 0.3 is 0 Å². The Bertz CT molecular complexity index is 585. The van der Waals surface area contributed by atoms with Crippen LogP contribution in [0.3, 0.4) is 0 Å². The number of aryl methyl sites for hydroxylation is 1. The minimum Gasteiger partial charge on any atom is -0.394 e. The van der Waals surface area contributed by atoms with E-state index in [0.717, 1.165) is 25.5 Å². The number of imidazole rings is 1. The maximum atomic E-state index is 9.69. The number of aliphatic hydroxyl groups excluding tert-OH is 1. The number of rotatable bonds is 5. The molecule has 0 spiro atoms. The fraction of sp³-hybridized carbons (Fsp3) is 0.471. The van der Waals surface area contributed by atoms with E-state index in [1.54, 1.807) is 0 Å². The molecule has 1 aromatic carbocycles. The zero-order valence-corrected chi connectivity index (χ0v) is 12.9. The Labute approximate surface area is 131 Å². The lowest BCUT2D eigenvalue weighted by Gasteiger charge is -2.40. The molecule has 1 aliphatic rings. The van der Waals surface area contributed by atoms with Crippen LogP contribution in [0.25, 0.3) is 0 Å². The first kappa shape index (κ1) is 15.2. The van der Waals surface area contributed by atoms with Gasteiger partial charge in [0, 0.05) is 25.5 Å². The molecule has 2 atom stereocenters. The Morgan fingerprint density at radius 3 is 2.86 bits per heavy atom. The summed E-state index contributed by atoms with van der Waals surface area (Å²) in [6, 6.07) is 10.3. The molecule has 22 heavy (non-hydrogen) atoms. The number of benzene rings is 1. The minimum atomic E-state index is -0.193. The molecule has 0 unspecified atom stereocenters. The second-order valence-electron chi connectivity index (χ2n) is 5.55. The minimum absolute atomic E-state index is 0.0261. The Morgan fingerprint density at radius 1 is 1.32 bits per heavy atom. The van der Waals surface area contributed by atoms with Gasteiger partial charge < -0.3 is 14.4 Å². The van der Waals surface area contributed by atoms with Crippen molar-refractivity contribution < 1.29 is 9.84 Å². The summed E-state index contributed by atoms with van der Waals surface area (Å²) in [6.45, 7) is 5.31. The van der Waals surface area contributed by atoms with E-state index in [4.69, 9.17) is 4.74 Å². The van der Waals surface area contributed by atoms with Crippen LogP contribution in [-0.4, -0.2) is 45.4 Å². The van der Waals surface area contributed by atoms with Gasteiger partial charge in [0.05, 0.1) is 25.8 Å². The van der Waals surface area contributed by atoms with Gasteiger partial charge in [0.2, 0.25) is 0 Å². The molecule has 0 bridgehead atoms. The molecule has 2 heterocycles. The van der Waals surface area contributed by atoms with Crippen molar-refractivity contribution in [3.05, 3.63) is 54.1 Å². The summed E-state index contributed by atoms with van der Waals surface area (Å²) in [5.41, 5.74) is 1.18. The summed E-state index contributed by atoms with van der Waals surface area (Å²) < 4.78 is 7.94. The van der Waals surface area contributed by atoms with Crippen molar-refractivity contribution in [2.45, 2.75) is 32.2 Å². The van der Waals surface area contributed by atoms with Crippen LogP contribution in [0.5, 0.6) is 0 Å². The number of aromatic nitrogens is 2. The fourth-order valence-corrected chi connectivity index (χ4v) is 3.15. The van der Waals surface area contributed by atoms with Crippen LogP contribution < -0.4 is 0 Å². The zero-order chi connectivity index (χ0) is 15.4. The smallest absolute Gasteiger partial charge is 0.122 e. The van der Waals surface area contributed by atoms with Crippen LogP contribution in [0.2, 0.25) is 0 Å². The first-order valence-corrected chi connectivity index (χ1v) is 7.85. The monoisotopic (exact) mass is 301 g/mol. The molecule has 0 aliphatic carbocycles. The van der Waals surface area contributed by atoms with Crippen LogP contribution in [0.4, 0.5) is 0 Å². The molecule has 1 saturated heterocycles. The first-order valence-electron chi connectivity index (χ1n) is 7.85. The van der Waals surface area contributed by atoms with E-state index in [1.165, 1.54) is 5.56 Å². The van der Waals surface area contributed by atoms with Gasteiger partial charge in [-0.1, -0.05) is 30.3 Å². The number of hydrogen-bond acceptors (Lipinski definition) is 4. The van der Waals surface area contributed by atoms with E-state index in [-0.39, 0.29) is 18.8 Å². The van der Waals surface area contributed by atoms with Crippen LogP contribution in [0.15, 0.2) is 42.7 Å². The van der Waals surface area contributed by atoms with Crippen molar-refractivity contribution in [1.29, 1.82) is 0 Å². The molecule has 5 heteroatoms. The van der Waals surface area contributed by atoms with Crippen molar-refractivity contribution in [2.75, 3.05) is 19.8 Å². The number of aliphatic hydroxyl groups is 1. The molecule has 3 rings (SSSR count). The van der Waals surface area contributed by atoms with Gasteiger partial charge in [-0.2, -0.15) is 0 Å². The summed E-state index contributed by atoms with van der Waals surface area (Å²) in [6.07, 6.45) is 3.66. The maximum absolute atomic E-state index is 9.69. The molecule has 1 N–H and O–H groups in total. The highest BCUT2D eigenvalue weighted by atomic mass is 16.5. The fourth-order valence-electron chi connectivity index (χ4n) is 3.15. The molecule has 1 fully saturated rings. The molecule has 118 valence electrons. The highest BCUT2D eigenvalue weighted by molar-refractivity contribution is 5.21. The van der Waals surface area contributed by atoms with E-state index >= 15 is 0 Å². The van der Waals surface area contributed by atoms with Crippen LogP contribution in [-0.2, 0) is 17.8 Å². The van der Waals surface area contributed by atoms with E-state index in [1.807, 2.05) is 30.6 Å². The quantitative estimate of drug-likeness (QED) is 0.915. The van der Waals surface area contributed by atoms with Gasteiger partial charge in [0.15, 0.2) is 0 Å². The topological polar surface area (TPSA) is 50.5 Å². The second-order valence-corrected chi connectivity index (χ2v) is 5.55. The third-order valence-electron chi connectivity index (χ3n) is 4.26. The summed E-state index contributed by atoms with van der Waals surface area (Å²) >= 11 is 0. The van der Waals surface area contributed by atoms with Crippen molar-refractivity contribution in [3.63, 3.8) is 0 Å². The lowest BCUT2D eigenvalue weighted by molar-refractivity contribution is -0.0968. The number of ether oxygens (including phenoxy) is 1. The molecule has 1 aliphatic heterocycles. The third-order valence-corrected chi connectivity index (χ3v) is 4.26. The molecule has 5 nitrogen and oxygen atoms in total. The van der Waals surface area contributed by atoms with Gasteiger partial charge in [0.1, 0.15) is 11.9 Å². The predicted molar refractivity (Wildman–Crippen MR) is 84.3 cm³/mol. The largest absolute Gasteiger partial charge is 0.394 e. The van der Waals surface area contributed by atoms with E-state index in [0.29, 0.717) is 6.61 Å². The van der Waals surface area contributed by atoms with Gasteiger partial charge in [0.25, 0.3) is 0 Å². The number of hydrogen-bond donors (Lipinski definition) is 1. The van der Waals surface area contributed by atoms with Crippen molar-refractivity contribution in [1.82, 2.24) is 14.5 Å². The molecular weight excluding hydrogens is 278 g/mol. The van der Waals surface area contributed by atoms with Crippen LogP contribution >= 0.6 is 0 Å². The Hall–Kier alpha value is -1.69. The summed E-state index contributed by atoms with van der Waals surface area (Å²) in [5, 5.41) is 9.69. The van der Waals surface area contributed by atoms with Crippen LogP contribution in [0, 0.1) is 0 Å². The lowest BCUT2D eigenvalue weighted by atomic mass is 9.98. The Morgan fingerprint density at radius 2 is 2.14 bits per heavy atom. The van der Waals surface area contributed by atoms with E-state index in [2.05, 4.69) is 33.5 Å². The normalized spacial score (nSPS) is 22.8. The molecule has 2 aromatic rings. The maximum Gasteiger partial charge on any atom is 0.122 e. The van der Waals surface area contributed by atoms with E-state index < -0.39 is 0 Å². The SMILES string of the molecule is CCn1ccnc1CN1CCO[C@H](CO)[C@H]1c1ccccc1. The van der Waals surface area contributed by atoms with Crippen LogP contribution in [0.1, 0.15) is 24.4 Å². The highest BCUT2D eigenvalue weighted by Crippen LogP contribution is 2.30. The molecule has 0 saturated carbocycles. The van der Waals surface area contributed by atoms with Gasteiger partial charge in [-0.15, -0.1) is 0 Å². The number of morpholine rings is 1. The Balaban J connectivity index is 1.86. The molecule has 0 radical (unpaired) electrons. The Kier molecular flexibility index (Phi) is 4.87. The first-order chi connectivity index (χ1) is 10.8. The van der Waals surface area contributed by atoms with Gasteiger partial charge in [-0.05, 0) is 12.5 Å². The van der Waals surface area contributed by atoms with Crippen molar-refractivity contribution in [3.8, 4) is 0 Å². The second kappa shape index (κ2) is 7.05. The zero-order valence-electron chi connectivity index (χ0n) is 12.9. The van der Waals surface area contributed by atoms with E-state index in [9.17, 15) is 5.11 Å². The predicted octanol–water partition coefficient (Wildman–Crippen LogP) is 1.84.